The molecule has 2 amide bonds. The highest BCUT2D eigenvalue weighted by Crippen LogP contribution is 2.42. The van der Waals surface area contributed by atoms with Crippen molar-refractivity contribution in [1.29, 1.82) is 0 Å². The lowest BCUT2D eigenvalue weighted by molar-refractivity contribution is -0.175. The summed E-state index contributed by atoms with van der Waals surface area (Å²) in [5.41, 5.74) is 6.94. The third-order valence-electron chi connectivity index (χ3n) is 10.7. The number of aryl methyl sites for hydroxylation is 1. The maximum absolute atomic E-state index is 13.1. The van der Waals surface area contributed by atoms with Crippen LogP contribution in [0.3, 0.4) is 0 Å². The number of fused-ring (bicyclic) bond motifs is 1. The van der Waals surface area contributed by atoms with Crippen LogP contribution in [0.25, 0.3) is 10.9 Å². The van der Waals surface area contributed by atoms with Crippen molar-refractivity contribution in [3.63, 3.8) is 0 Å². The van der Waals surface area contributed by atoms with Gasteiger partial charge in [0.05, 0.1) is 40.0 Å². The van der Waals surface area contributed by atoms with Crippen LogP contribution in [0, 0.1) is 12.8 Å². The Morgan fingerprint density at radius 1 is 1.04 bits per heavy atom. The van der Waals surface area contributed by atoms with Gasteiger partial charge in [0.25, 0.3) is 12.3 Å². The van der Waals surface area contributed by atoms with Crippen LogP contribution < -0.4 is 15.8 Å². The molecule has 3 aromatic rings. The number of nitrogens with one attached hydrogen (secondary N) is 1. The van der Waals surface area contributed by atoms with Gasteiger partial charge in [0.2, 0.25) is 5.91 Å². The Labute approximate surface area is 273 Å². The monoisotopic (exact) mass is 653 g/mol. The number of carbonyl (C=O) groups is 2. The highest BCUT2D eigenvalue weighted by molar-refractivity contribution is 6.00. The minimum atomic E-state index is -2.64. The number of aromatic nitrogens is 4. The minimum absolute atomic E-state index is 0.0410. The molecule has 0 bridgehead atoms. The molecular weight excluding hydrogens is 608 g/mol. The lowest BCUT2D eigenvalue weighted by atomic mass is 9.78. The molecule has 4 fully saturated rings. The molecule has 11 nitrogen and oxygen atoms in total. The molecule has 2 saturated carbocycles. The summed E-state index contributed by atoms with van der Waals surface area (Å²) in [6.45, 7) is 7.22. The molecule has 47 heavy (non-hydrogen) atoms. The lowest BCUT2D eigenvalue weighted by Crippen LogP contribution is -2.52. The maximum atomic E-state index is 13.1. The van der Waals surface area contributed by atoms with Crippen molar-refractivity contribution in [3.8, 4) is 5.75 Å². The molecule has 1 unspecified atom stereocenters. The third kappa shape index (κ3) is 6.61. The zero-order valence-electron chi connectivity index (χ0n) is 27.2. The number of piperidine rings is 2. The second kappa shape index (κ2) is 12.8. The molecule has 254 valence electrons. The summed E-state index contributed by atoms with van der Waals surface area (Å²) in [7, 11) is 0. The summed E-state index contributed by atoms with van der Waals surface area (Å²) in [6.07, 6.45) is 7.58. The molecule has 2 aromatic heterocycles. The number of imide groups is 1. The number of alkyl halides is 2. The molecule has 7 rings (SSSR count). The highest BCUT2D eigenvalue weighted by Gasteiger charge is 2.45. The number of nitrogens with zero attached hydrogens (tertiary/aromatic N) is 5. The molecule has 4 aliphatic rings. The summed E-state index contributed by atoms with van der Waals surface area (Å²) >= 11 is 0. The van der Waals surface area contributed by atoms with Crippen LogP contribution in [0.15, 0.2) is 24.4 Å². The van der Waals surface area contributed by atoms with Crippen LogP contribution in [-0.4, -0.2) is 73.7 Å². The second-order valence-electron chi connectivity index (χ2n) is 14.3. The van der Waals surface area contributed by atoms with E-state index in [0.717, 1.165) is 93.3 Å². The fourth-order valence-corrected chi connectivity index (χ4v) is 8.20. The van der Waals surface area contributed by atoms with E-state index in [1.165, 1.54) is 0 Å². The number of carbonyl (C=O) groups excluding carboxylic acids is 2. The Morgan fingerprint density at radius 2 is 1.79 bits per heavy atom. The largest absolute Gasteiger partial charge is 0.489 e. The number of hydrogen-bond donors (Lipinski definition) is 2. The first-order chi connectivity index (χ1) is 22.5. The Balaban J connectivity index is 0.862. The maximum Gasteiger partial charge on any atom is 0.284 e. The molecule has 2 aliphatic heterocycles. The van der Waals surface area contributed by atoms with Crippen molar-refractivity contribution in [2.24, 2.45) is 5.92 Å². The summed E-state index contributed by atoms with van der Waals surface area (Å²) in [5, 5.41) is 12.1. The number of ether oxygens (including phenoxy) is 2. The molecule has 0 spiro atoms. The first kappa shape index (κ1) is 32.0. The number of benzene rings is 1. The summed E-state index contributed by atoms with van der Waals surface area (Å²) in [6, 6.07) is 5.46. The van der Waals surface area contributed by atoms with Crippen molar-refractivity contribution < 1.29 is 27.8 Å². The number of likely N-dealkylation sites (tertiary alicyclic amines) is 1. The molecule has 1 aromatic carbocycles. The van der Waals surface area contributed by atoms with Gasteiger partial charge in [-0.2, -0.15) is 10.2 Å². The van der Waals surface area contributed by atoms with Gasteiger partial charge >= 0.3 is 0 Å². The van der Waals surface area contributed by atoms with Crippen LogP contribution in [0.1, 0.15) is 101 Å². The molecule has 4 heterocycles. The van der Waals surface area contributed by atoms with Crippen molar-refractivity contribution in [3.05, 3.63) is 35.8 Å². The van der Waals surface area contributed by atoms with Gasteiger partial charge < -0.3 is 20.1 Å². The number of hydrogen-bond acceptors (Lipinski definition) is 8. The SMILES string of the molecule is Cc1nn(C2CCC(=O)NC2=O)c2cccc(OC3CC(C)(OC4CCN(CC5CCC(n6cc(N)c(C(F)F)n6)CC5)CC4)C3)c12. The van der Waals surface area contributed by atoms with Gasteiger partial charge in [-0.25, -0.2) is 8.78 Å². The fourth-order valence-electron chi connectivity index (χ4n) is 8.20. The Hall–Kier alpha value is -3.58. The zero-order valence-corrected chi connectivity index (χ0v) is 27.2. The minimum Gasteiger partial charge on any atom is -0.489 e. The first-order valence-corrected chi connectivity index (χ1v) is 17.1. The number of halogens is 2. The van der Waals surface area contributed by atoms with Gasteiger partial charge in [0.1, 0.15) is 17.9 Å². The third-order valence-corrected chi connectivity index (χ3v) is 10.7. The summed E-state index contributed by atoms with van der Waals surface area (Å²) in [4.78, 5) is 26.7. The van der Waals surface area contributed by atoms with E-state index in [2.05, 4.69) is 27.3 Å². The number of nitrogens with two attached hydrogens (primary N) is 1. The quantitative estimate of drug-likeness (QED) is 0.300. The van der Waals surface area contributed by atoms with E-state index in [-0.39, 0.29) is 47.0 Å². The molecule has 13 heteroatoms. The van der Waals surface area contributed by atoms with Gasteiger partial charge in [-0.15, -0.1) is 0 Å². The van der Waals surface area contributed by atoms with E-state index in [1.807, 2.05) is 25.1 Å². The van der Waals surface area contributed by atoms with Crippen molar-refractivity contribution in [1.82, 2.24) is 29.8 Å². The number of amides is 2. The van der Waals surface area contributed by atoms with E-state index in [1.54, 1.807) is 15.6 Å². The molecule has 2 aliphatic carbocycles. The zero-order chi connectivity index (χ0) is 32.9. The summed E-state index contributed by atoms with van der Waals surface area (Å²) in [5.74, 6) is 0.814. The summed E-state index contributed by atoms with van der Waals surface area (Å²) < 4.78 is 42.7. The van der Waals surface area contributed by atoms with E-state index >= 15 is 0 Å². The van der Waals surface area contributed by atoms with Gasteiger partial charge in [0, 0.05) is 45.1 Å². The van der Waals surface area contributed by atoms with Crippen LogP contribution in [-0.2, 0) is 14.3 Å². The van der Waals surface area contributed by atoms with Crippen LogP contribution in [0.4, 0.5) is 14.5 Å². The first-order valence-electron chi connectivity index (χ1n) is 17.1. The van der Waals surface area contributed by atoms with Crippen LogP contribution in [0.5, 0.6) is 5.75 Å². The molecule has 3 N–H and O–H groups in total. The molecule has 1 atom stereocenters. The van der Waals surface area contributed by atoms with E-state index < -0.39 is 12.5 Å². The molecular formula is C34H45F2N7O4. The predicted octanol–water partition coefficient (Wildman–Crippen LogP) is 5.25. The van der Waals surface area contributed by atoms with Crippen LogP contribution >= 0.6 is 0 Å². The van der Waals surface area contributed by atoms with Gasteiger partial charge in [-0.1, -0.05) is 6.07 Å². The van der Waals surface area contributed by atoms with Crippen molar-refractivity contribution >= 4 is 28.4 Å². The number of rotatable bonds is 9. The lowest BCUT2D eigenvalue weighted by Gasteiger charge is -2.47. The average Bonchev–Trinajstić information content (AvgIpc) is 3.58. The van der Waals surface area contributed by atoms with Crippen molar-refractivity contribution in [2.45, 2.75) is 114 Å². The number of anilines is 1. The average molecular weight is 654 g/mol. The highest BCUT2D eigenvalue weighted by atomic mass is 19.3. The Morgan fingerprint density at radius 3 is 2.47 bits per heavy atom. The molecule has 0 radical (unpaired) electrons. The Kier molecular flexibility index (Phi) is 8.71. The standard InChI is InChI=1S/C34H45F2N7O4/c1-20-30-26(43(39-20)27-10-11-29(44)38-33(27)45)4-3-5-28(30)46-24-16-34(2,17-24)47-23-12-14-41(15-13-23)18-21-6-8-22(9-7-21)42-19-25(37)31(40-42)32(35)36/h3-5,19,21-24,27,32H,6-18,37H2,1-2H3,(H,38,44,45). The van der Waals surface area contributed by atoms with Gasteiger partial charge in [-0.3, -0.25) is 24.3 Å². The fraction of sp³-hybridized carbons (Fsp3) is 0.647. The van der Waals surface area contributed by atoms with Gasteiger partial charge in [-0.05, 0) is 76.8 Å². The van der Waals surface area contributed by atoms with E-state index in [9.17, 15) is 18.4 Å². The van der Waals surface area contributed by atoms with Crippen LogP contribution in [0.2, 0.25) is 0 Å². The second-order valence-corrected chi connectivity index (χ2v) is 14.3. The molecule has 2 saturated heterocycles. The van der Waals surface area contributed by atoms with Crippen molar-refractivity contribution in [2.75, 3.05) is 25.4 Å². The predicted molar refractivity (Wildman–Crippen MR) is 171 cm³/mol. The van der Waals surface area contributed by atoms with Gasteiger partial charge in [0.15, 0.2) is 5.69 Å². The smallest absolute Gasteiger partial charge is 0.284 e. The van der Waals surface area contributed by atoms with E-state index in [0.29, 0.717) is 18.8 Å². The Bertz CT molecular complexity index is 1620. The number of nitrogen functional groups attached to an aromatic ring is 1. The topological polar surface area (TPSA) is 130 Å². The normalized spacial score (nSPS) is 29.3. The van der Waals surface area contributed by atoms with E-state index in [4.69, 9.17) is 15.2 Å².